The van der Waals surface area contributed by atoms with E-state index >= 15 is 0 Å². The number of carbonyl (C=O) groups is 2. The molecule has 1 atom stereocenters. The molecule has 2 aromatic rings. The van der Waals surface area contributed by atoms with Gasteiger partial charge in [-0.2, -0.15) is 0 Å². The highest BCUT2D eigenvalue weighted by molar-refractivity contribution is 5.79. The number of ether oxygens (including phenoxy) is 1. The third-order valence-electron chi connectivity index (χ3n) is 3.88. The number of amides is 1. The Kier molecular flexibility index (Phi) is 6.93. The first-order valence-corrected chi connectivity index (χ1v) is 8.37. The zero-order chi connectivity index (χ0) is 19.8. The van der Waals surface area contributed by atoms with E-state index in [9.17, 15) is 24.3 Å². The third kappa shape index (κ3) is 6.14. The lowest BCUT2D eigenvalue weighted by molar-refractivity contribution is -0.139. The highest BCUT2D eigenvalue weighted by Crippen LogP contribution is 2.03. The van der Waals surface area contributed by atoms with Crippen molar-refractivity contribution >= 4 is 12.1 Å². The maximum absolute atomic E-state index is 11.8. The van der Waals surface area contributed by atoms with Gasteiger partial charge in [-0.25, -0.2) is 14.4 Å². The standard InChI is InChI=1S/C18H21N3O6/c1-12-10-21(17(25)20-15(12)22)9-5-8-14(16(23)24)19-18(26)27-11-13-6-3-2-4-7-13/h2-4,6-7,10,14H,5,8-9,11H2,1H3,(H,19,26)(H,23,24)(H,20,22,25). The van der Waals surface area contributed by atoms with Gasteiger partial charge in [-0.3, -0.25) is 9.78 Å². The molecule has 0 aliphatic carbocycles. The van der Waals surface area contributed by atoms with Gasteiger partial charge in [-0.05, 0) is 25.3 Å². The van der Waals surface area contributed by atoms with Crippen LogP contribution in [0.5, 0.6) is 0 Å². The number of hydrogen-bond donors (Lipinski definition) is 3. The first-order chi connectivity index (χ1) is 12.9. The molecule has 0 saturated carbocycles. The van der Waals surface area contributed by atoms with Crippen LogP contribution in [-0.2, 0) is 22.7 Å². The Morgan fingerprint density at radius 3 is 2.63 bits per heavy atom. The summed E-state index contributed by atoms with van der Waals surface area (Å²) < 4.78 is 6.31. The molecule has 0 radical (unpaired) electrons. The first kappa shape index (κ1) is 20.0. The normalized spacial score (nSPS) is 11.6. The van der Waals surface area contributed by atoms with Crippen molar-refractivity contribution in [1.82, 2.24) is 14.9 Å². The number of aliphatic carboxylic acids is 1. The zero-order valence-corrected chi connectivity index (χ0v) is 14.8. The Labute approximate surface area is 154 Å². The molecule has 1 aromatic carbocycles. The van der Waals surface area contributed by atoms with E-state index in [1.807, 2.05) is 6.07 Å². The van der Waals surface area contributed by atoms with Gasteiger partial charge in [0.05, 0.1) is 0 Å². The average molecular weight is 375 g/mol. The molecule has 1 amide bonds. The van der Waals surface area contributed by atoms with E-state index in [4.69, 9.17) is 4.74 Å². The van der Waals surface area contributed by atoms with E-state index < -0.39 is 29.4 Å². The second kappa shape index (κ2) is 9.37. The van der Waals surface area contributed by atoms with Gasteiger partial charge >= 0.3 is 17.8 Å². The maximum atomic E-state index is 11.8. The van der Waals surface area contributed by atoms with Crippen LogP contribution in [0, 0.1) is 6.92 Å². The number of hydrogen-bond acceptors (Lipinski definition) is 5. The van der Waals surface area contributed by atoms with Crippen molar-refractivity contribution in [2.24, 2.45) is 0 Å². The molecule has 0 spiro atoms. The fourth-order valence-corrected chi connectivity index (χ4v) is 2.41. The largest absolute Gasteiger partial charge is 0.480 e. The smallest absolute Gasteiger partial charge is 0.408 e. The van der Waals surface area contributed by atoms with E-state index in [1.54, 1.807) is 31.2 Å². The molecule has 144 valence electrons. The average Bonchev–Trinajstić information content (AvgIpc) is 2.64. The van der Waals surface area contributed by atoms with Crippen LogP contribution < -0.4 is 16.6 Å². The molecule has 0 fully saturated rings. The Morgan fingerprint density at radius 2 is 1.96 bits per heavy atom. The van der Waals surface area contributed by atoms with E-state index in [1.165, 1.54) is 10.8 Å². The van der Waals surface area contributed by atoms with E-state index in [0.717, 1.165) is 5.56 Å². The van der Waals surface area contributed by atoms with Gasteiger partial charge in [-0.1, -0.05) is 30.3 Å². The van der Waals surface area contributed by atoms with Crippen molar-refractivity contribution in [3.8, 4) is 0 Å². The van der Waals surface area contributed by atoms with E-state index in [0.29, 0.717) is 12.0 Å². The SMILES string of the molecule is Cc1cn(CCCC(NC(=O)OCc2ccccc2)C(=O)O)c(=O)[nH]c1=O. The summed E-state index contributed by atoms with van der Waals surface area (Å²) in [6.07, 6.45) is 0.989. The number of aromatic amines is 1. The van der Waals surface area contributed by atoms with Crippen LogP contribution in [-0.4, -0.2) is 32.8 Å². The number of H-pyrrole nitrogens is 1. The number of carbonyl (C=O) groups excluding carboxylic acids is 1. The molecule has 9 nitrogen and oxygen atoms in total. The molecule has 0 aliphatic heterocycles. The molecular weight excluding hydrogens is 354 g/mol. The fraction of sp³-hybridized carbons (Fsp3) is 0.333. The van der Waals surface area contributed by atoms with Crippen LogP contribution in [0.3, 0.4) is 0 Å². The van der Waals surface area contributed by atoms with E-state index in [-0.39, 0.29) is 19.6 Å². The van der Waals surface area contributed by atoms with Crippen molar-refractivity contribution in [2.45, 2.75) is 39.0 Å². The summed E-state index contributed by atoms with van der Waals surface area (Å²) in [6, 6.07) is 7.86. The van der Waals surface area contributed by atoms with Gasteiger partial charge in [0, 0.05) is 18.3 Å². The summed E-state index contributed by atoms with van der Waals surface area (Å²) >= 11 is 0. The number of alkyl carbamates (subject to hydrolysis) is 1. The fourth-order valence-electron chi connectivity index (χ4n) is 2.41. The van der Waals surface area contributed by atoms with E-state index in [2.05, 4.69) is 10.3 Å². The zero-order valence-electron chi connectivity index (χ0n) is 14.8. The van der Waals surface area contributed by atoms with Gasteiger partial charge in [0.1, 0.15) is 12.6 Å². The number of carboxylic acids is 1. The number of benzene rings is 1. The molecular formula is C18H21N3O6. The minimum Gasteiger partial charge on any atom is -0.480 e. The molecule has 0 saturated heterocycles. The van der Waals surface area contributed by atoms with Crippen molar-refractivity contribution in [3.63, 3.8) is 0 Å². The Balaban J connectivity index is 1.85. The number of carboxylic acid groups (broad SMARTS) is 1. The molecule has 2 rings (SSSR count). The van der Waals surface area contributed by atoms with Gasteiger partial charge in [0.25, 0.3) is 5.56 Å². The Bertz CT molecular complexity index is 903. The minimum atomic E-state index is -1.20. The molecule has 0 aliphatic rings. The van der Waals surface area contributed by atoms with Crippen LogP contribution in [0.1, 0.15) is 24.0 Å². The number of aryl methyl sites for hydroxylation is 2. The van der Waals surface area contributed by atoms with Crippen molar-refractivity contribution < 1.29 is 19.4 Å². The summed E-state index contributed by atoms with van der Waals surface area (Å²) in [7, 11) is 0. The Morgan fingerprint density at radius 1 is 1.26 bits per heavy atom. The molecule has 1 heterocycles. The van der Waals surface area contributed by atoms with Crippen LogP contribution in [0.4, 0.5) is 4.79 Å². The lowest BCUT2D eigenvalue weighted by Gasteiger charge is -2.15. The summed E-state index contributed by atoms with van der Waals surface area (Å²) in [5.41, 5.74) is 0.148. The minimum absolute atomic E-state index is 0.0328. The Hall–Kier alpha value is -3.36. The summed E-state index contributed by atoms with van der Waals surface area (Å²) in [5.74, 6) is -1.20. The predicted octanol–water partition coefficient (Wildman–Crippen LogP) is 1.00. The van der Waals surface area contributed by atoms with Crippen LogP contribution in [0.25, 0.3) is 0 Å². The lowest BCUT2D eigenvalue weighted by atomic mass is 10.1. The van der Waals surface area contributed by atoms with Gasteiger partial charge in [0.2, 0.25) is 0 Å². The second-order valence-electron chi connectivity index (χ2n) is 6.00. The number of rotatable bonds is 8. The highest BCUT2D eigenvalue weighted by Gasteiger charge is 2.20. The summed E-state index contributed by atoms with van der Waals surface area (Å²) in [4.78, 5) is 48.4. The molecule has 27 heavy (non-hydrogen) atoms. The topological polar surface area (TPSA) is 130 Å². The quantitative estimate of drug-likeness (QED) is 0.631. The second-order valence-corrected chi connectivity index (χ2v) is 6.00. The summed E-state index contributed by atoms with van der Waals surface area (Å²) in [5, 5.41) is 11.6. The van der Waals surface area contributed by atoms with Gasteiger partial charge in [0.15, 0.2) is 0 Å². The number of aromatic nitrogens is 2. The van der Waals surface area contributed by atoms with Gasteiger partial charge in [-0.15, -0.1) is 0 Å². The number of nitrogens with one attached hydrogen (secondary N) is 2. The van der Waals surface area contributed by atoms with Crippen molar-refractivity contribution in [3.05, 3.63) is 68.5 Å². The van der Waals surface area contributed by atoms with Crippen LogP contribution in [0.2, 0.25) is 0 Å². The maximum Gasteiger partial charge on any atom is 0.408 e. The lowest BCUT2D eigenvalue weighted by Crippen LogP contribution is -2.41. The monoisotopic (exact) mass is 375 g/mol. The van der Waals surface area contributed by atoms with Gasteiger partial charge < -0.3 is 19.7 Å². The first-order valence-electron chi connectivity index (χ1n) is 8.37. The predicted molar refractivity (Wildman–Crippen MR) is 96.5 cm³/mol. The molecule has 1 aromatic heterocycles. The number of nitrogens with zero attached hydrogens (tertiary/aromatic N) is 1. The summed E-state index contributed by atoms with van der Waals surface area (Å²) in [6.45, 7) is 1.81. The van der Waals surface area contributed by atoms with Crippen LogP contribution in [0.15, 0.2) is 46.1 Å². The molecule has 1 unspecified atom stereocenters. The van der Waals surface area contributed by atoms with Crippen molar-refractivity contribution in [2.75, 3.05) is 0 Å². The molecule has 0 bridgehead atoms. The molecule has 9 heteroatoms. The molecule has 3 N–H and O–H groups in total. The van der Waals surface area contributed by atoms with Crippen LogP contribution >= 0.6 is 0 Å². The third-order valence-corrected chi connectivity index (χ3v) is 3.88. The highest BCUT2D eigenvalue weighted by atomic mass is 16.5. The van der Waals surface area contributed by atoms with Crippen molar-refractivity contribution in [1.29, 1.82) is 0 Å².